The number of likely N-dealkylation sites (tertiary alicyclic amines) is 1. The Labute approximate surface area is 229 Å². The number of hydrazine groups is 1. The van der Waals surface area contributed by atoms with E-state index in [2.05, 4.69) is 6.58 Å². The lowest BCUT2D eigenvalue weighted by molar-refractivity contribution is -0.178. The van der Waals surface area contributed by atoms with Crippen LogP contribution in [-0.2, 0) is 28.3 Å². The van der Waals surface area contributed by atoms with E-state index in [9.17, 15) is 33.9 Å². The van der Waals surface area contributed by atoms with Crippen LogP contribution in [0.3, 0.4) is 0 Å². The Morgan fingerprint density at radius 1 is 1.15 bits per heavy atom. The lowest BCUT2D eigenvalue weighted by Gasteiger charge is -2.49. The van der Waals surface area contributed by atoms with Gasteiger partial charge < -0.3 is 19.2 Å². The number of ketones is 1. The molecule has 5 amide bonds. The monoisotopic (exact) mass is 568 g/mol. The molecule has 2 fully saturated rings. The Bertz CT molecular complexity index is 1040. The number of urea groups is 1. The van der Waals surface area contributed by atoms with Crippen LogP contribution >= 0.6 is 0 Å². The molecule has 1 unspecified atom stereocenters. The molecule has 14 heteroatoms. The number of Topliss-reactive ketones (excluding diaryl/α,β-unsaturated/α-hetero) is 1. The number of β-lactam (4-membered cyclic amide) rings is 1. The van der Waals surface area contributed by atoms with Crippen LogP contribution < -0.4 is 0 Å². The van der Waals surface area contributed by atoms with Crippen LogP contribution in [0.25, 0.3) is 0 Å². The summed E-state index contributed by atoms with van der Waals surface area (Å²) in [6.45, 7) is 14.9. The Kier molecular flexibility index (Phi) is 9.72. The minimum atomic E-state index is -2.35. The average molecular weight is 569 g/mol. The molecule has 4 atom stereocenters. The third-order valence-electron chi connectivity index (χ3n) is 7.55. The fourth-order valence-corrected chi connectivity index (χ4v) is 5.84. The summed E-state index contributed by atoms with van der Waals surface area (Å²) < 4.78 is 11.4. The molecule has 1 N–H and O–H groups in total. The van der Waals surface area contributed by atoms with E-state index in [1.165, 1.54) is 25.1 Å². The van der Waals surface area contributed by atoms with Crippen LogP contribution in [0.1, 0.15) is 34.1 Å². The van der Waals surface area contributed by atoms with Gasteiger partial charge in [0.2, 0.25) is 5.91 Å². The molecule has 13 nitrogen and oxygen atoms in total. The number of ether oxygens (including phenoxy) is 1. The summed E-state index contributed by atoms with van der Waals surface area (Å²) in [5, 5.41) is 11.2. The van der Waals surface area contributed by atoms with Gasteiger partial charge in [0.25, 0.3) is 0 Å². The highest BCUT2D eigenvalue weighted by atomic mass is 28.4. The fraction of sp³-hybridized carbons (Fsp3) is 0.680. The first-order chi connectivity index (χ1) is 17.9. The van der Waals surface area contributed by atoms with Gasteiger partial charge >= 0.3 is 24.0 Å². The van der Waals surface area contributed by atoms with Gasteiger partial charge in [-0.2, -0.15) is 0 Å². The second kappa shape index (κ2) is 11.9. The zero-order valence-electron chi connectivity index (χ0n) is 23.9. The second-order valence-electron chi connectivity index (χ2n) is 11.6. The number of carbonyl (C=O) groups is 6. The van der Waals surface area contributed by atoms with Crippen molar-refractivity contribution >= 4 is 44.0 Å². The zero-order valence-corrected chi connectivity index (χ0v) is 24.9. The highest BCUT2D eigenvalue weighted by molar-refractivity contribution is 6.74. The third kappa shape index (κ3) is 6.66. The maximum Gasteiger partial charge on any atom is 0.429 e. The van der Waals surface area contributed by atoms with Crippen LogP contribution in [-0.4, -0.2) is 115 Å². The molecule has 0 spiro atoms. The van der Waals surface area contributed by atoms with E-state index in [1.54, 1.807) is 6.92 Å². The number of carboxylic acids is 1. The molecule has 0 aromatic rings. The summed E-state index contributed by atoms with van der Waals surface area (Å²) in [6, 6.07) is -1.58. The Balaban J connectivity index is 2.30. The molecule has 218 valence electrons. The Morgan fingerprint density at radius 2 is 1.72 bits per heavy atom. The van der Waals surface area contributed by atoms with Crippen LogP contribution in [0.2, 0.25) is 18.1 Å². The Hall–Kier alpha value is -3.26. The lowest BCUT2D eigenvalue weighted by atomic mass is 9.79. The van der Waals surface area contributed by atoms with Crippen molar-refractivity contribution in [3.63, 3.8) is 0 Å². The van der Waals surface area contributed by atoms with E-state index in [0.717, 1.165) is 10.0 Å². The van der Waals surface area contributed by atoms with Gasteiger partial charge in [-0.1, -0.05) is 33.4 Å². The van der Waals surface area contributed by atoms with Crippen molar-refractivity contribution in [3.05, 3.63) is 12.7 Å². The summed E-state index contributed by atoms with van der Waals surface area (Å²) >= 11 is 0. The maximum atomic E-state index is 13.5. The van der Waals surface area contributed by atoms with E-state index < -0.39 is 68.0 Å². The van der Waals surface area contributed by atoms with E-state index in [0.29, 0.717) is 4.90 Å². The largest absolute Gasteiger partial charge is 0.474 e. The molecule has 0 aromatic carbocycles. The smallest absolute Gasteiger partial charge is 0.429 e. The highest BCUT2D eigenvalue weighted by Crippen LogP contribution is 2.41. The van der Waals surface area contributed by atoms with Gasteiger partial charge in [0.1, 0.15) is 12.4 Å². The van der Waals surface area contributed by atoms with Crippen molar-refractivity contribution in [3.8, 4) is 0 Å². The predicted octanol–water partition coefficient (Wildman–Crippen LogP) is 1.95. The first kappa shape index (κ1) is 32.0. The maximum absolute atomic E-state index is 13.5. The van der Waals surface area contributed by atoms with Crippen molar-refractivity contribution in [1.82, 2.24) is 19.8 Å². The van der Waals surface area contributed by atoms with Gasteiger partial charge in [-0.15, -0.1) is 0 Å². The molecule has 0 aliphatic carbocycles. The highest BCUT2D eigenvalue weighted by Gasteiger charge is 2.57. The number of aliphatic carboxylic acids is 1. The van der Waals surface area contributed by atoms with Gasteiger partial charge in [-0.05, 0) is 25.1 Å². The zero-order chi connectivity index (χ0) is 30.0. The molecular formula is C25H40N4O9Si. The van der Waals surface area contributed by atoms with Crippen molar-refractivity contribution in [2.24, 2.45) is 11.8 Å². The normalized spacial score (nSPS) is 22.2. The standard InChI is InChI=1S/C25H40N4O9Si/c1-10-11-37-24(36)28-14-16(13-27(28)23(35)26(6)7)18(30)12-17-19(20(31)29(17)21(32)22(33)34)15(2)38-39(8,9)25(3,4)5/h10,15-17,19H,1,11-14H2,2-9H3,(H,33,34)/t15-,16?,17-,19-/m1/s1. The first-order valence-corrected chi connectivity index (χ1v) is 15.6. The van der Waals surface area contributed by atoms with E-state index in [1.807, 2.05) is 33.9 Å². The van der Waals surface area contributed by atoms with Gasteiger partial charge in [0.05, 0.1) is 37.1 Å². The minimum absolute atomic E-state index is 0.0951. The van der Waals surface area contributed by atoms with Gasteiger partial charge in [0, 0.05) is 20.5 Å². The SMILES string of the molecule is C=CCOC(=O)N1CC(C(=O)C[C@@H]2[C@@H]([C@@H](C)O[Si](C)(C)C(C)(C)C)C(=O)N2C(=O)C(=O)O)CN1C(=O)N(C)C. The summed E-state index contributed by atoms with van der Waals surface area (Å²) in [6.07, 6.45) is -0.486. The van der Waals surface area contributed by atoms with E-state index >= 15 is 0 Å². The number of hydrogen-bond donors (Lipinski definition) is 1. The number of nitrogens with zero attached hydrogens (tertiary/aromatic N) is 4. The first-order valence-electron chi connectivity index (χ1n) is 12.7. The quantitative estimate of drug-likeness (QED) is 0.200. The molecule has 2 heterocycles. The third-order valence-corrected chi connectivity index (χ3v) is 12.1. The van der Waals surface area contributed by atoms with Crippen LogP contribution in [0.5, 0.6) is 0 Å². The molecule has 0 radical (unpaired) electrons. The number of hydrogen-bond acceptors (Lipinski definition) is 8. The average Bonchev–Trinajstić information content (AvgIpc) is 3.26. The minimum Gasteiger partial charge on any atom is -0.474 e. The number of rotatable bonds is 8. The molecule has 2 saturated heterocycles. The summed E-state index contributed by atoms with van der Waals surface area (Å²) in [7, 11) is 0.644. The Morgan fingerprint density at radius 3 is 2.21 bits per heavy atom. The predicted molar refractivity (Wildman–Crippen MR) is 142 cm³/mol. The molecule has 39 heavy (non-hydrogen) atoms. The topological polar surface area (TPSA) is 154 Å². The second-order valence-corrected chi connectivity index (χ2v) is 16.3. The summed E-state index contributed by atoms with van der Waals surface area (Å²) in [5.41, 5.74) is 0. The van der Waals surface area contributed by atoms with Crippen molar-refractivity contribution in [1.29, 1.82) is 0 Å². The van der Waals surface area contributed by atoms with Gasteiger partial charge in [0.15, 0.2) is 8.32 Å². The van der Waals surface area contributed by atoms with Crippen LogP contribution in [0.15, 0.2) is 12.7 Å². The molecule has 2 aliphatic heterocycles. The number of amides is 5. The van der Waals surface area contributed by atoms with Crippen molar-refractivity contribution < 1.29 is 43.0 Å². The molecule has 2 aliphatic rings. The van der Waals surface area contributed by atoms with Crippen LogP contribution in [0, 0.1) is 11.8 Å². The number of imide groups is 1. The number of carboxylic acid groups (broad SMARTS) is 1. The molecule has 0 aromatic heterocycles. The van der Waals surface area contributed by atoms with Gasteiger partial charge in [-0.25, -0.2) is 24.4 Å². The molecule has 2 rings (SSSR count). The number of carbonyl (C=O) groups excluding carboxylic acids is 5. The summed E-state index contributed by atoms with van der Waals surface area (Å²) in [4.78, 5) is 77.3. The molecule has 0 saturated carbocycles. The fourth-order valence-electron chi connectivity index (χ4n) is 4.41. The van der Waals surface area contributed by atoms with Gasteiger partial charge in [-0.3, -0.25) is 19.3 Å². The van der Waals surface area contributed by atoms with E-state index in [-0.39, 0.29) is 31.2 Å². The van der Waals surface area contributed by atoms with E-state index in [4.69, 9.17) is 9.16 Å². The lowest BCUT2D eigenvalue weighted by Crippen LogP contribution is -2.68. The molecular weight excluding hydrogens is 528 g/mol. The summed E-state index contributed by atoms with van der Waals surface area (Å²) in [5.74, 6) is -6.12. The van der Waals surface area contributed by atoms with Crippen molar-refractivity contribution in [2.45, 2.75) is 64.4 Å². The van der Waals surface area contributed by atoms with Crippen LogP contribution in [0.4, 0.5) is 9.59 Å². The van der Waals surface area contributed by atoms with Crippen molar-refractivity contribution in [2.75, 3.05) is 33.8 Å². The molecule has 0 bridgehead atoms.